The van der Waals surface area contributed by atoms with Crippen LogP contribution in [0.3, 0.4) is 0 Å². The summed E-state index contributed by atoms with van der Waals surface area (Å²) in [5, 5.41) is 0. The smallest absolute Gasteiger partial charge is 0.150 e. The van der Waals surface area contributed by atoms with Crippen molar-refractivity contribution in [3.8, 4) is 0 Å². The van der Waals surface area contributed by atoms with E-state index in [2.05, 4.69) is 4.90 Å². The van der Waals surface area contributed by atoms with Crippen molar-refractivity contribution in [1.29, 1.82) is 0 Å². The Balaban J connectivity index is 3.83. The zero-order valence-corrected chi connectivity index (χ0v) is 11.7. The van der Waals surface area contributed by atoms with E-state index >= 15 is 0 Å². The van der Waals surface area contributed by atoms with Crippen molar-refractivity contribution < 1.29 is 8.42 Å². The Bertz CT molecular complexity index is 302. The van der Waals surface area contributed by atoms with Crippen molar-refractivity contribution in [3.63, 3.8) is 0 Å². The normalized spacial score (nSPS) is 11.9. The van der Waals surface area contributed by atoms with Crippen LogP contribution in [0.25, 0.3) is 0 Å². The summed E-state index contributed by atoms with van der Waals surface area (Å²) in [5.41, 5.74) is 5.42. The maximum Gasteiger partial charge on any atom is 0.150 e. The molecule has 96 valence electrons. The standard InChI is InChI=1S/C10H22N2O2S2/c1-3-12(8-6-10(11)15)7-5-9-16(13,14)4-2/h3-9H2,1-2H3,(H2,11,15). The van der Waals surface area contributed by atoms with E-state index in [1.54, 1.807) is 6.92 Å². The van der Waals surface area contributed by atoms with Gasteiger partial charge in [0.1, 0.15) is 9.84 Å². The molecule has 2 N–H and O–H groups in total. The fourth-order valence-corrected chi connectivity index (χ4v) is 2.30. The molecule has 0 saturated heterocycles. The van der Waals surface area contributed by atoms with Crippen molar-refractivity contribution in [2.45, 2.75) is 26.7 Å². The van der Waals surface area contributed by atoms with Crippen molar-refractivity contribution in [2.75, 3.05) is 31.1 Å². The van der Waals surface area contributed by atoms with Gasteiger partial charge in [-0.25, -0.2) is 8.42 Å². The van der Waals surface area contributed by atoms with Crippen molar-refractivity contribution in [3.05, 3.63) is 0 Å². The van der Waals surface area contributed by atoms with Crippen molar-refractivity contribution >= 4 is 27.0 Å². The SMILES string of the molecule is CCN(CCCS(=O)(=O)CC)CCC(N)=S. The molecule has 0 radical (unpaired) electrons. The lowest BCUT2D eigenvalue weighted by molar-refractivity contribution is 0.298. The van der Waals surface area contributed by atoms with E-state index in [0.717, 1.165) is 19.6 Å². The van der Waals surface area contributed by atoms with Gasteiger partial charge in [-0.1, -0.05) is 26.1 Å². The van der Waals surface area contributed by atoms with Crippen LogP contribution in [-0.4, -0.2) is 49.4 Å². The quantitative estimate of drug-likeness (QED) is 0.626. The Morgan fingerprint density at radius 3 is 2.38 bits per heavy atom. The lowest BCUT2D eigenvalue weighted by Crippen LogP contribution is -2.29. The van der Waals surface area contributed by atoms with Crippen LogP contribution in [0.5, 0.6) is 0 Å². The van der Waals surface area contributed by atoms with E-state index in [4.69, 9.17) is 18.0 Å². The van der Waals surface area contributed by atoms with Crippen LogP contribution in [0, 0.1) is 0 Å². The zero-order chi connectivity index (χ0) is 12.6. The molecule has 0 saturated carbocycles. The fraction of sp³-hybridized carbons (Fsp3) is 0.900. The van der Waals surface area contributed by atoms with Gasteiger partial charge < -0.3 is 10.6 Å². The average Bonchev–Trinajstić information content (AvgIpc) is 2.22. The number of thiocarbonyl (C=S) groups is 1. The molecule has 0 fully saturated rings. The molecular formula is C10H22N2O2S2. The largest absolute Gasteiger partial charge is 0.393 e. The van der Waals surface area contributed by atoms with Gasteiger partial charge >= 0.3 is 0 Å². The topological polar surface area (TPSA) is 63.4 Å². The van der Waals surface area contributed by atoms with E-state index in [1.165, 1.54) is 0 Å². The van der Waals surface area contributed by atoms with Gasteiger partial charge in [-0.15, -0.1) is 0 Å². The van der Waals surface area contributed by atoms with Gasteiger partial charge in [-0.05, 0) is 19.5 Å². The number of hydrogen-bond donors (Lipinski definition) is 1. The van der Waals surface area contributed by atoms with Gasteiger partial charge in [0.15, 0.2) is 0 Å². The summed E-state index contributed by atoms with van der Waals surface area (Å²) in [6.07, 6.45) is 1.38. The molecule has 0 amide bonds. The van der Waals surface area contributed by atoms with Gasteiger partial charge in [0.2, 0.25) is 0 Å². The first kappa shape index (κ1) is 15.8. The number of nitrogens with two attached hydrogens (primary N) is 1. The molecular weight excluding hydrogens is 244 g/mol. The minimum Gasteiger partial charge on any atom is -0.393 e. The molecule has 0 bridgehead atoms. The first-order valence-corrected chi connectivity index (χ1v) is 7.85. The Morgan fingerprint density at radius 2 is 1.94 bits per heavy atom. The van der Waals surface area contributed by atoms with Gasteiger partial charge in [-0.2, -0.15) is 0 Å². The van der Waals surface area contributed by atoms with Gasteiger partial charge in [0, 0.05) is 18.7 Å². The van der Waals surface area contributed by atoms with Gasteiger partial charge in [0.25, 0.3) is 0 Å². The highest BCUT2D eigenvalue weighted by atomic mass is 32.2. The van der Waals surface area contributed by atoms with E-state index in [9.17, 15) is 8.42 Å². The lowest BCUT2D eigenvalue weighted by atomic mass is 10.3. The Hall–Kier alpha value is -0.200. The summed E-state index contributed by atoms with van der Waals surface area (Å²) < 4.78 is 22.6. The summed E-state index contributed by atoms with van der Waals surface area (Å²) in [6.45, 7) is 6.23. The van der Waals surface area contributed by atoms with E-state index in [1.807, 2.05) is 6.92 Å². The van der Waals surface area contributed by atoms with Crippen LogP contribution in [0.15, 0.2) is 0 Å². The van der Waals surface area contributed by atoms with Crippen LogP contribution in [-0.2, 0) is 9.84 Å². The Morgan fingerprint density at radius 1 is 1.31 bits per heavy atom. The minimum absolute atomic E-state index is 0.228. The van der Waals surface area contributed by atoms with Gasteiger partial charge in [-0.3, -0.25) is 0 Å². The molecule has 4 nitrogen and oxygen atoms in total. The molecule has 0 aromatic rings. The third-order valence-electron chi connectivity index (χ3n) is 2.49. The summed E-state index contributed by atoms with van der Waals surface area (Å²) >= 11 is 4.81. The molecule has 0 unspecified atom stereocenters. The first-order chi connectivity index (χ1) is 7.41. The molecule has 0 atom stereocenters. The second kappa shape index (κ2) is 7.97. The molecule has 0 heterocycles. The second-order valence-corrected chi connectivity index (χ2v) is 6.74. The number of nitrogens with zero attached hydrogens (tertiary/aromatic N) is 1. The summed E-state index contributed by atoms with van der Waals surface area (Å²) in [4.78, 5) is 2.68. The van der Waals surface area contributed by atoms with Gasteiger partial charge in [0.05, 0.1) is 10.7 Å². The van der Waals surface area contributed by atoms with Crippen LogP contribution in [0.1, 0.15) is 26.7 Å². The van der Waals surface area contributed by atoms with Crippen LogP contribution >= 0.6 is 12.2 Å². The van der Waals surface area contributed by atoms with Crippen LogP contribution in [0.2, 0.25) is 0 Å². The van der Waals surface area contributed by atoms with Crippen LogP contribution in [0.4, 0.5) is 0 Å². The van der Waals surface area contributed by atoms with Crippen molar-refractivity contribution in [2.24, 2.45) is 5.73 Å². The Kier molecular flexibility index (Phi) is 7.87. The zero-order valence-electron chi connectivity index (χ0n) is 10.1. The number of rotatable bonds is 9. The monoisotopic (exact) mass is 266 g/mol. The molecule has 0 aliphatic heterocycles. The maximum absolute atomic E-state index is 11.3. The van der Waals surface area contributed by atoms with Crippen LogP contribution < -0.4 is 5.73 Å². The van der Waals surface area contributed by atoms with Crippen molar-refractivity contribution in [1.82, 2.24) is 4.90 Å². The molecule has 16 heavy (non-hydrogen) atoms. The molecule has 0 rings (SSSR count). The predicted octanol–water partition coefficient (Wildman–Crippen LogP) is 0.809. The third-order valence-corrected chi connectivity index (χ3v) is 4.49. The summed E-state index contributed by atoms with van der Waals surface area (Å²) in [7, 11) is -2.83. The average molecular weight is 266 g/mol. The third kappa shape index (κ3) is 8.01. The number of sulfone groups is 1. The second-order valence-electron chi connectivity index (χ2n) is 3.74. The summed E-state index contributed by atoms with van der Waals surface area (Å²) in [5.74, 6) is 0.499. The molecule has 0 aliphatic rings. The molecule has 6 heteroatoms. The molecule has 0 aromatic heterocycles. The van der Waals surface area contributed by atoms with E-state index in [-0.39, 0.29) is 11.5 Å². The highest BCUT2D eigenvalue weighted by Gasteiger charge is 2.09. The minimum atomic E-state index is -2.83. The molecule has 0 aromatic carbocycles. The molecule has 0 spiro atoms. The fourth-order valence-electron chi connectivity index (χ4n) is 1.35. The predicted molar refractivity (Wildman–Crippen MR) is 72.5 cm³/mol. The maximum atomic E-state index is 11.3. The van der Waals surface area contributed by atoms with E-state index < -0.39 is 9.84 Å². The van der Waals surface area contributed by atoms with E-state index in [0.29, 0.717) is 17.8 Å². The Labute approximate surface area is 104 Å². The number of hydrogen-bond acceptors (Lipinski definition) is 4. The highest BCUT2D eigenvalue weighted by molar-refractivity contribution is 7.91. The summed E-state index contributed by atoms with van der Waals surface area (Å²) in [6, 6.07) is 0. The lowest BCUT2D eigenvalue weighted by Gasteiger charge is -2.19. The first-order valence-electron chi connectivity index (χ1n) is 5.62. The molecule has 0 aliphatic carbocycles. The highest BCUT2D eigenvalue weighted by Crippen LogP contribution is 1.98.